The van der Waals surface area contributed by atoms with Crippen LogP contribution in [0.25, 0.3) is 0 Å². The normalized spacial score (nSPS) is 10.0. The third kappa shape index (κ3) is 2.26. The number of hydrogen-bond acceptors (Lipinski definition) is 4. The molecule has 0 bridgehead atoms. The fraction of sp³-hybridized carbons (Fsp3) is 0.333. The molecule has 1 rings (SSSR count). The number of hydrogen-bond donors (Lipinski definition) is 2. The van der Waals surface area contributed by atoms with Crippen LogP contribution in [0.4, 0.5) is 11.4 Å². The fourth-order valence-electron chi connectivity index (χ4n) is 0.910. The summed E-state index contributed by atoms with van der Waals surface area (Å²) in [6.45, 7) is 4.19. The van der Waals surface area contributed by atoms with Crippen molar-refractivity contribution in [3.8, 4) is 5.75 Å². The van der Waals surface area contributed by atoms with Crippen LogP contribution in [0.1, 0.15) is 12.5 Å². The van der Waals surface area contributed by atoms with E-state index in [0.717, 1.165) is 5.56 Å². The second-order valence-corrected chi connectivity index (χ2v) is 2.74. The average Bonchev–Trinajstić information content (AvgIpc) is 2.09. The third-order valence-corrected chi connectivity index (χ3v) is 1.67. The van der Waals surface area contributed by atoms with Gasteiger partial charge < -0.3 is 16.4 Å². The summed E-state index contributed by atoms with van der Waals surface area (Å²) >= 11 is 0. The second-order valence-electron chi connectivity index (χ2n) is 2.74. The van der Waals surface area contributed by atoms with Crippen LogP contribution in [-0.2, 0) is 4.89 Å². The Morgan fingerprint density at radius 1 is 1.23 bits per heavy atom. The molecule has 0 saturated heterocycles. The van der Waals surface area contributed by atoms with E-state index >= 15 is 0 Å². The van der Waals surface area contributed by atoms with Gasteiger partial charge in [-0.2, -0.15) is 4.89 Å². The van der Waals surface area contributed by atoms with Gasteiger partial charge in [0.25, 0.3) is 0 Å². The van der Waals surface area contributed by atoms with Crippen molar-refractivity contribution in [1.82, 2.24) is 0 Å². The molecule has 0 aliphatic heterocycles. The lowest BCUT2D eigenvalue weighted by Gasteiger charge is -2.08. The van der Waals surface area contributed by atoms with Crippen LogP contribution in [0, 0.1) is 6.92 Å². The van der Waals surface area contributed by atoms with Gasteiger partial charge in [-0.05, 0) is 31.5 Å². The minimum Gasteiger partial charge on any atom is -0.398 e. The van der Waals surface area contributed by atoms with Gasteiger partial charge in [0.05, 0.1) is 12.3 Å². The zero-order valence-electron chi connectivity index (χ0n) is 7.83. The molecule has 0 amide bonds. The van der Waals surface area contributed by atoms with E-state index in [1.54, 1.807) is 12.1 Å². The van der Waals surface area contributed by atoms with E-state index in [9.17, 15) is 0 Å². The Morgan fingerprint density at radius 2 is 1.92 bits per heavy atom. The molecule has 72 valence electrons. The summed E-state index contributed by atoms with van der Waals surface area (Å²) in [5.74, 6) is 0.508. The monoisotopic (exact) mass is 182 g/mol. The van der Waals surface area contributed by atoms with Crippen LogP contribution in [0.2, 0.25) is 0 Å². The molecular weight excluding hydrogens is 168 g/mol. The summed E-state index contributed by atoms with van der Waals surface area (Å²) in [7, 11) is 0. The summed E-state index contributed by atoms with van der Waals surface area (Å²) in [6, 6.07) is 3.41. The highest BCUT2D eigenvalue weighted by Crippen LogP contribution is 2.27. The fourth-order valence-corrected chi connectivity index (χ4v) is 0.910. The first-order chi connectivity index (χ1) is 6.15. The van der Waals surface area contributed by atoms with Gasteiger partial charge in [0.1, 0.15) is 0 Å². The molecule has 4 N–H and O–H groups in total. The zero-order chi connectivity index (χ0) is 9.84. The maximum absolute atomic E-state index is 5.65. The Kier molecular flexibility index (Phi) is 2.97. The molecule has 0 atom stereocenters. The molecule has 0 saturated carbocycles. The molecule has 4 nitrogen and oxygen atoms in total. The number of nitrogen functional groups attached to an aromatic ring is 2. The van der Waals surface area contributed by atoms with Crippen LogP contribution in [0.15, 0.2) is 12.1 Å². The standard InChI is InChI=1S/C9H14N2O2/c1-3-12-13-9-4-6(2)7(10)5-8(9)11/h4-5H,3,10-11H2,1-2H3. The van der Waals surface area contributed by atoms with E-state index in [-0.39, 0.29) is 0 Å². The smallest absolute Gasteiger partial charge is 0.188 e. The van der Waals surface area contributed by atoms with Crippen molar-refractivity contribution in [1.29, 1.82) is 0 Å². The molecule has 1 aromatic carbocycles. The van der Waals surface area contributed by atoms with Gasteiger partial charge in [-0.25, -0.2) is 0 Å². The molecule has 0 spiro atoms. The van der Waals surface area contributed by atoms with Gasteiger partial charge in [-0.3, -0.25) is 0 Å². The molecule has 1 aromatic rings. The van der Waals surface area contributed by atoms with Crippen LogP contribution in [0.5, 0.6) is 5.75 Å². The lowest BCUT2D eigenvalue weighted by molar-refractivity contribution is -0.201. The number of benzene rings is 1. The van der Waals surface area contributed by atoms with Gasteiger partial charge in [0.15, 0.2) is 5.75 Å². The highest BCUT2D eigenvalue weighted by Gasteiger charge is 2.04. The number of aryl methyl sites for hydroxylation is 1. The Balaban J connectivity index is 2.88. The van der Waals surface area contributed by atoms with Crippen LogP contribution in [-0.4, -0.2) is 6.61 Å². The Morgan fingerprint density at radius 3 is 2.54 bits per heavy atom. The van der Waals surface area contributed by atoms with Gasteiger partial charge in [0.2, 0.25) is 0 Å². The minimum atomic E-state index is 0.475. The summed E-state index contributed by atoms with van der Waals surface area (Å²) in [5.41, 5.74) is 13.3. The molecule has 13 heavy (non-hydrogen) atoms. The van der Waals surface area contributed by atoms with Gasteiger partial charge in [-0.1, -0.05) is 0 Å². The highest BCUT2D eigenvalue weighted by atomic mass is 17.2. The van der Waals surface area contributed by atoms with E-state index < -0.39 is 0 Å². The van der Waals surface area contributed by atoms with Crippen molar-refractivity contribution in [2.75, 3.05) is 18.1 Å². The van der Waals surface area contributed by atoms with Crippen molar-refractivity contribution in [3.05, 3.63) is 17.7 Å². The summed E-state index contributed by atoms with van der Waals surface area (Å²) in [4.78, 5) is 9.72. The highest BCUT2D eigenvalue weighted by molar-refractivity contribution is 5.64. The van der Waals surface area contributed by atoms with Crippen molar-refractivity contribution in [3.63, 3.8) is 0 Å². The predicted molar refractivity (Wildman–Crippen MR) is 52.3 cm³/mol. The summed E-state index contributed by atoms with van der Waals surface area (Å²) < 4.78 is 0. The average molecular weight is 182 g/mol. The Labute approximate surface area is 77.4 Å². The van der Waals surface area contributed by atoms with Gasteiger partial charge in [0, 0.05) is 5.69 Å². The maximum atomic E-state index is 5.65. The SMILES string of the molecule is CCOOc1cc(C)c(N)cc1N. The van der Waals surface area contributed by atoms with Crippen molar-refractivity contribution in [2.45, 2.75) is 13.8 Å². The Bertz CT molecular complexity index is 300. The summed E-state index contributed by atoms with van der Waals surface area (Å²) in [5, 5.41) is 0. The van der Waals surface area contributed by atoms with Crippen LogP contribution in [0.3, 0.4) is 0 Å². The molecule has 0 aromatic heterocycles. The number of anilines is 2. The van der Waals surface area contributed by atoms with E-state index in [1.807, 2.05) is 13.8 Å². The minimum absolute atomic E-state index is 0.475. The largest absolute Gasteiger partial charge is 0.398 e. The van der Waals surface area contributed by atoms with Crippen molar-refractivity contribution in [2.24, 2.45) is 0 Å². The van der Waals surface area contributed by atoms with Crippen LogP contribution < -0.4 is 16.4 Å². The first-order valence-corrected chi connectivity index (χ1v) is 4.10. The van der Waals surface area contributed by atoms with Crippen molar-refractivity contribution < 1.29 is 9.78 Å². The number of nitrogens with two attached hydrogens (primary N) is 2. The lowest BCUT2D eigenvalue weighted by Crippen LogP contribution is -2.01. The van der Waals surface area contributed by atoms with E-state index in [2.05, 4.69) is 0 Å². The van der Waals surface area contributed by atoms with E-state index in [4.69, 9.17) is 21.2 Å². The van der Waals surface area contributed by atoms with Gasteiger partial charge >= 0.3 is 0 Å². The second kappa shape index (κ2) is 4.00. The molecule has 0 aliphatic carbocycles. The first kappa shape index (κ1) is 9.67. The zero-order valence-corrected chi connectivity index (χ0v) is 7.83. The van der Waals surface area contributed by atoms with E-state index in [1.165, 1.54) is 0 Å². The Hall–Kier alpha value is -1.42. The number of rotatable bonds is 3. The third-order valence-electron chi connectivity index (χ3n) is 1.67. The predicted octanol–water partition coefficient (Wildman–Crippen LogP) is 1.49. The molecule has 0 heterocycles. The first-order valence-electron chi connectivity index (χ1n) is 4.10. The molecule has 0 radical (unpaired) electrons. The van der Waals surface area contributed by atoms with Crippen LogP contribution >= 0.6 is 0 Å². The molecule has 4 heteroatoms. The molecule has 0 fully saturated rings. The maximum Gasteiger partial charge on any atom is 0.188 e. The lowest BCUT2D eigenvalue weighted by atomic mass is 10.2. The summed E-state index contributed by atoms with van der Waals surface area (Å²) in [6.07, 6.45) is 0. The molecule has 0 aliphatic rings. The molecule has 0 unspecified atom stereocenters. The van der Waals surface area contributed by atoms with Gasteiger partial charge in [-0.15, -0.1) is 0 Å². The molecular formula is C9H14N2O2. The quantitative estimate of drug-likeness (QED) is 0.422. The topological polar surface area (TPSA) is 70.5 Å². The van der Waals surface area contributed by atoms with Crippen molar-refractivity contribution >= 4 is 11.4 Å². The van der Waals surface area contributed by atoms with E-state index in [0.29, 0.717) is 23.7 Å².